The molecule has 2 N–H and O–H groups in total. The number of amides is 1. The summed E-state index contributed by atoms with van der Waals surface area (Å²) >= 11 is 0. The quantitative estimate of drug-likeness (QED) is 0.393. The third kappa shape index (κ3) is 6.62. The van der Waals surface area contributed by atoms with E-state index in [1.54, 1.807) is 46.2 Å². The van der Waals surface area contributed by atoms with Crippen LogP contribution in [0.4, 0.5) is 0 Å². The molecule has 1 aliphatic rings. The van der Waals surface area contributed by atoms with Gasteiger partial charge >= 0.3 is 5.97 Å². The highest BCUT2D eigenvalue weighted by Crippen LogP contribution is 2.29. The molecule has 216 valence electrons. The van der Waals surface area contributed by atoms with Crippen LogP contribution >= 0.6 is 0 Å². The largest absolute Gasteiger partial charge is 0.462 e. The summed E-state index contributed by atoms with van der Waals surface area (Å²) < 4.78 is 9.08. The maximum Gasteiger partial charge on any atom is 0.326 e. The first-order chi connectivity index (χ1) is 18.9. The maximum atomic E-state index is 12.5. The number of aliphatic hydroxyl groups is 1. The molecule has 0 radical (unpaired) electrons. The van der Waals surface area contributed by atoms with E-state index in [-0.39, 0.29) is 23.5 Å². The molecule has 3 atom stereocenters. The lowest BCUT2D eigenvalue weighted by atomic mass is 9.97. The van der Waals surface area contributed by atoms with Crippen molar-refractivity contribution in [2.45, 2.75) is 78.8 Å². The minimum Gasteiger partial charge on any atom is -0.462 e. The lowest BCUT2D eigenvalue weighted by Gasteiger charge is -2.32. The summed E-state index contributed by atoms with van der Waals surface area (Å²) in [5, 5.41) is 13.3. The van der Waals surface area contributed by atoms with Crippen LogP contribution in [-0.2, 0) is 34.5 Å². The number of rotatable bonds is 9. The molecule has 2 unspecified atom stereocenters. The number of benzene rings is 1. The molecule has 40 heavy (non-hydrogen) atoms. The van der Waals surface area contributed by atoms with Crippen molar-refractivity contribution in [3.05, 3.63) is 51.9 Å². The van der Waals surface area contributed by atoms with Crippen LogP contribution in [0.2, 0.25) is 0 Å². The van der Waals surface area contributed by atoms with Gasteiger partial charge in [-0.2, -0.15) is 0 Å². The Hall–Kier alpha value is -3.50. The Morgan fingerprint density at radius 2 is 1.98 bits per heavy atom. The van der Waals surface area contributed by atoms with Crippen LogP contribution in [0.1, 0.15) is 51.7 Å². The highest BCUT2D eigenvalue weighted by molar-refractivity contribution is 5.81. The lowest BCUT2D eigenvalue weighted by molar-refractivity contribution is -0.152. The van der Waals surface area contributed by atoms with Crippen LogP contribution in [-0.4, -0.2) is 67.3 Å². The molecule has 10 heteroatoms. The van der Waals surface area contributed by atoms with Gasteiger partial charge in [-0.05, 0) is 70.2 Å². The van der Waals surface area contributed by atoms with E-state index < -0.39 is 18.1 Å². The molecule has 1 aromatic carbocycles. The molecular weight excluding hydrogens is 510 g/mol. The van der Waals surface area contributed by atoms with E-state index in [2.05, 4.69) is 9.88 Å². The Bertz CT molecular complexity index is 1410. The standard InChI is InChI=1S/C30H41N5O5/c1-18(2)40-30(39)27(20(4)36)31-14-22-9-10-25-26(13-22)35(16-23-8-7-11-34(15-23)21(5)37)28(32-25)24-12-19(3)29(38)33(6)17-24/h9-10,12-13,17-18,20,23,27,31,36H,7-8,11,14-16H2,1-6H3/t20?,23-,27?/m1/s1. The number of hydrogen-bond acceptors (Lipinski definition) is 7. The molecule has 2 aromatic heterocycles. The second-order valence-electron chi connectivity index (χ2n) is 11.3. The second-order valence-corrected chi connectivity index (χ2v) is 11.3. The first kappa shape index (κ1) is 29.5. The maximum absolute atomic E-state index is 12.5. The normalized spacial score (nSPS) is 17.3. The molecule has 3 heterocycles. The number of aliphatic hydroxyl groups excluding tert-OH is 1. The fourth-order valence-electron chi connectivity index (χ4n) is 5.43. The molecule has 1 saturated heterocycles. The molecule has 10 nitrogen and oxygen atoms in total. The van der Waals surface area contributed by atoms with Gasteiger partial charge in [0.15, 0.2) is 0 Å². The number of fused-ring (bicyclic) bond motifs is 1. The number of piperidine rings is 1. The van der Waals surface area contributed by atoms with Gasteiger partial charge in [0.05, 0.1) is 23.2 Å². The van der Waals surface area contributed by atoms with Gasteiger partial charge in [0.1, 0.15) is 11.9 Å². The molecule has 0 aliphatic carbocycles. The number of carbonyl (C=O) groups is 2. The van der Waals surface area contributed by atoms with Crippen molar-refractivity contribution >= 4 is 22.9 Å². The van der Waals surface area contributed by atoms with E-state index in [1.165, 1.54) is 0 Å². The summed E-state index contributed by atoms with van der Waals surface area (Å²) in [5.41, 5.74) is 4.11. The Morgan fingerprint density at radius 1 is 1.23 bits per heavy atom. The topological polar surface area (TPSA) is 119 Å². The number of ether oxygens (including phenoxy) is 1. The zero-order valence-corrected chi connectivity index (χ0v) is 24.3. The van der Waals surface area contributed by atoms with Gasteiger partial charge in [-0.1, -0.05) is 6.07 Å². The van der Waals surface area contributed by atoms with E-state index in [4.69, 9.17) is 9.72 Å². The zero-order valence-electron chi connectivity index (χ0n) is 24.3. The third-order valence-electron chi connectivity index (χ3n) is 7.45. The number of nitrogens with one attached hydrogen (secondary N) is 1. The van der Waals surface area contributed by atoms with Crippen molar-refractivity contribution < 1.29 is 19.4 Å². The average Bonchev–Trinajstić information content (AvgIpc) is 3.24. The van der Waals surface area contributed by atoms with Crippen LogP contribution in [0.3, 0.4) is 0 Å². The van der Waals surface area contributed by atoms with Gasteiger partial charge in [0, 0.05) is 57.5 Å². The molecule has 4 rings (SSSR count). The number of carbonyl (C=O) groups excluding carboxylic acids is 2. The summed E-state index contributed by atoms with van der Waals surface area (Å²) in [6.07, 6.45) is 2.57. The lowest BCUT2D eigenvalue weighted by Crippen LogP contribution is -2.46. The fraction of sp³-hybridized carbons (Fsp3) is 0.533. The number of imidazole rings is 1. The van der Waals surface area contributed by atoms with Gasteiger partial charge < -0.3 is 23.9 Å². The molecule has 1 amide bonds. The number of hydrogen-bond donors (Lipinski definition) is 2. The molecule has 0 bridgehead atoms. The Labute approximate surface area is 235 Å². The second kappa shape index (κ2) is 12.3. The van der Waals surface area contributed by atoms with Gasteiger partial charge in [0.25, 0.3) is 5.56 Å². The number of likely N-dealkylation sites (tertiary alicyclic amines) is 1. The Kier molecular flexibility index (Phi) is 9.10. The van der Waals surface area contributed by atoms with Crippen LogP contribution in [0.5, 0.6) is 0 Å². The summed E-state index contributed by atoms with van der Waals surface area (Å²) in [7, 11) is 1.74. The number of aryl methyl sites for hydroxylation is 2. The summed E-state index contributed by atoms with van der Waals surface area (Å²) in [6.45, 7) is 11.0. The zero-order chi connectivity index (χ0) is 29.1. The van der Waals surface area contributed by atoms with E-state index in [1.807, 2.05) is 35.4 Å². The van der Waals surface area contributed by atoms with Crippen molar-refractivity contribution in [1.82, 2.24) is 24.3 Å². The van der Waals surface area contributed by atoms with E-state index in [0.29, 0.717) is 25.2 Å². The highest BCUT2D eigenvalue weighted by atomic mass is 16.5. The van der Waals surface area contributed by atoms with Crippen LogP contribution in [0.15, 0.2) is 35.3 Å². The summed E-state index contributed by atoms with van der Waals surface area (Å²) in [4.78, 5) is 43.9. The Morgan fingerprint density at radius 3 is 2.62 bits per heavy atom. The number of nitrogens with zero attached hydrogens (tertiary/aromatic N) is 4. The monoisotopic (exact) mass is 551 g/mol. The van der Waals surface area contributed by atoms with E-state index in [0.717, 1.165) is 47.4 Å². The molecule has 0 spiro atoms. The predicted molar refractivity (Wildman–Crippen MR) is 154 cm³/mol. The van der Waals surface area contributed by atoms with Crippen molar-refractivity contribution in [2.24, 2.45) is 13.0 Å². The first-order valence-corrected chi connectivity index (χ1v) is 14.0. The van der Waals surface area contributed by atoms with Crippen molar-refractivity contribution in [3.8, 4) is 11.4 Å². The average molecular weight is 552 g/mol. The molecule has 1 fully saturated rings. The molecular formula is C30H41N5O5. The van der Waals surface area contributed by atoms with Crippen LogP contribution in [0.25, 0.3) is 22.4 Å². The van der Waals surface area contributed by atoms with Crippen molar-refractivity contribution in [3.63, 3.8) is 0 Å². The van der Waals surface area contributed by atoms with Gasteiger partial charge in [-0.15, -0.1) is 0 Å². The van der Waals surface area contributed by atoms with Gasteiger partial charge in [-0.3, -0.25) is 19.7 Å². The van der Waals surface area contributed by atoms with E-state index in [9.17, 15) is 19.5 Å². The number of aromatic nitrogens is 3. The first-order valence-electron chi connectivity index (χ1n) is 14.0. The van der Waals surface area contributed by atoms with Crippen molar-refractivity contribution in [1.29, 1.82) is 0 Å². The minimum atomic E-state index is -0.921. The molecule has 1 aliphatic heterocycles. The SMILES string of the molecule is CC(=O)N1CCC[C@@H](Cn2c(-c3cc(C)c(=O)n(C)c3)nc3ccc(CNC(C(=O)OC(C)C)C(C)O)cc32)C1. The molecule has 3 aromatic rings. The minimum absolute atomic E-state index is 0.0483. The number of esters is 1. The third-order valence-corrected chi connectivity index (χ3v) is 7.45. The summed E-state index contributed by atoms with van der Waals surface area (Å²) in [5.74, 6) is 0.623. The Balaban J connectivity index is 1.71. The van der Waals surface area contributed by atoms with Crippen LogP contribution < -0.4 is 10.9 Å². The van der Waals surface area contributed by atoms with Gasteiger partial charge in [-0.25, -0.2) is 4.98 Å². The van der Waals surface area contributed by atoms with E-state index >= 15 is 0 Å². The molecule has 0 saturated carbocycles. The fourth-order valence-corrected chi connectivity index (χ4v) is 5.43. The summed E-state index contributed by atoms with van der Waals surface area (Å²) in [6, 6.07) is 6.97. The van der Waals surface area contributed by atoms with Crippen molar-refractivity contribution in [2.75, 3.05) is 13.1 Å². The smallest absolute Gasteiger partial charge is 0.326 e. The van der Waals surface area contributed by atoms with Crippen LogP contribution in [0, 0.1) is 12.8 Å². The van der Waals surface area contributed by atoms with Gasteiger partial charge in [0.2, 0.25) is 5.91 Å². The predicted octanol–water partition coefficient (Wildman–Crippen LogP) is 2.76. The number of pyridine rings is 1. The highest BCUT2D eigenvalue weighted by Gasteiger charge is 2.27.